The zero-order valence-electron chi connectivity index (χ0n) is 10.6. The van der Waals surface area contributed by atoms with Gasteiger partial charge >= 0.3 is 0 Å². The minimum atomic E-state index is -0.627. The fourth-order valence-corrected chi connectivity index (χ4v) is 2.52. The van der Waals surface area contributed by atoms with Crippen molar-refractivity contribution in [2.24, 2.45) is 0 Å². The van der Waals surface area contributed by atoms with Gasteiger partial charge in [0.15, 0.2) is 0 Å². The van der Waals surface area contributed by atoms with Crippen LogP contribution in [0, 0.1) is 12.7 Å². The monoisotopic (exact) mass is 298 g/mol. The van der Waals surface area contributed by atoms with Gasteiger partial charge in [0.1, 0.15) is 11.6 Å². The Bertz CT molecular complexity index is 599. The topological polar surface area (TPSA) is 9.23 Å². The SMILES string of the molecule is COc1ccc(C(Cl)c2cccc(C)c2Cl)c(F)c1. The Balaban J connectivity index is 2.44. The summed E-state index contributed by atoms with van der Waals surface area (Å²) in [6, 6.07) is 10.2. The molecule has 2 rings (SSSR count). The summed E-state index contributed by atoms with van der Waals surface area (Å²) in [5, 5.41) is -0.0592. The summed E-state index contributed by atoms with van der Waals surface area (Å²) in [6.45, 7) is 1.89. The second-order valence-corrected chi connectivity index (χ2v) is 5.04. The van der Waals surface area contributed by atoms with E-state index in [1.807, 2.05) is 19.1 Å². The lowest BCUT2D eigenvalue weighted by molar-refractivity contribution is 0.410. The van der Waals surface area contributed by atoms with E-state index in [0.29, 0.717) is 21.9 Å². The largest absolute Gasteiger partial charge is 0.497 e. The van der Waals surface area contributed by atoms with E-state index in [2.05, 4.69) is 0 Å². The lowest BCUT2D eigenvalue weighted by Crippen LogP contribution is -1.99. The van der Waals surface area contributed by atoms with E-state index in [1.165, 1.54) is 13.2 Å². The number of hydrogen-bond donors (Lipinski definition) is 0. The number of rotatable bonds is 3. The molecule has 1 nitrogen and oxygen atoms in total. The predicted octanol–water partition coefficient (Wildman–Crippen LogP) is 5.12. The molecule has 1 unspecified atom stereocenters. The average Bonchev–Trinajstić information content (AvgIpc) is 2.41. The second-order valence-electron chi connectivity index (χ2n) is 4.23. The molecule has 0 aliphatic heterocycles. The zero-order valence-corrected chi connectivity index (χ0v) is 12.1. The van der Waals surface area contributed by atoms with E-state index >= 15 is 0 Å². The summed E-state index contributed by atoms with van der Waals surface area (Å²) in [6.07, 6.45) is 0. The van der Waals surface area contributed by atoms with Gasteiger partial charge in [-0.1, -0.05) is 35.9 Å². The summed E-state index contributed by atoms with van der Waals surface area (Å²) in [5.74, 6) is 0.0531. The van der Waals surface area contributed by atoms with Crippen LogP contribution >= 0.6 is 23.2 Å². The number of ether oxygens (including phenoxy) is 1. The summed E-state index contributed by atoms with van der Waals surface area (Å²) < 4.78 is 19.0. The zero-order chi connectivity index (χ0) is 14.0. The molecular formula is C15H13Cl2FO. The summed E-state index contributed by atoms with van der Waals surface area (Å²) in [5.41, 5.74) is 2.00. The molecule has 0 aliphatic rings. The van der Waals surface area contributed by atoms with Crippen LogP contribution in [0.1, 0.15) is 22.1 Å². The number of methoxy groups -OCH3 is 1. The first kappa shape index (κ1) is 14.2. The van der Waals surface area contributed by atoms with Crippen molar-refractivity contribution in [1.29, 1.82) is 0 Å². The third kappa shape index (κ3) is 2.85. The highest BCUT2D eigenvalue weighted by atomic mass is 35.5. The molecule has 19 heavy (non-hydrogen) atoms. The molecule has 0 radical (unpaired) electrons. The first-order valence-electron chi connectivity index (χ1n) is 5.77. The van der Waals surface area contributed by atoms with E-state index in [4.69, 9.17) is 27.9 Å². The van der Waals surface area contributed by atoms with Gasteiger partial charge in [0, 0.05) is 16.7 Å². The van der Waals surface area contributed by atoms with Gasteiger partial charge in [0.05, 0.1) is 12.5 Å². The van der Waals surface area contributed by atoms with Crippen molar-refractivity contribution in [3.63, 3.8) is 0 Å². The van der Waals surface area contributed by atoms with Crippen molar-refractivity contribution in [3.8, 4) is 5.75 Å². The smallest absolute Gasteiger partial charge is 0.131 e. The van der Waals surface area contributed by atoms with Gasteiger partial charge in [0.25, 0.3) is 0 Å². The normalized spacial score (nSPS) is 12.3. The van der Waals surface area contributed by atoms with Gasteiger partial charge in [-0.15, -0.1) is 11.6 Å². The molecule has 0 amide bonds. The third-order valence-electron chi connectivity index (χ3n) is 2.98. The quantitative estimate of drug-likeness (QED) is 0.714. The Kier molecular flexibility index (Phi) is 4.33. The molecule has 4 heteroatoms. The Morgan fingerprint density at radius 3 is 2.53 bits per heavy atom. The Morgan fingerprint density at radius 2 is 1.89 bits per heavy atom. The van der Waals surface area contributed by atoms with Crippen molar-refractivity contribution in [1.82, 2.24) is 0 Å². The molecule has 0 heterocycles. The number of alkyl halides is 1. The van der Waals surface area contributed by atoms with Gasteiger partial charge < -0.3 is 4.74 Å². The van der Waals surface area contributed by atoms with Crippen LogP contribution in [0.4, 0.5) is 4.39 Å². The molecule has 0 saturated heterocycles. The fraction of sp³-hybridized carbons (Fsp3) is 0.200. The molecule has 1 atom stereocenters. The van der Waals surface area contributed by atoms with Crippen molar-refractivity contribution >= 4 is 23.2 Å². The first-order chi connectivity index (χ1) is 9.04. The van der Waals surface area contributed by atoms with Crippen LogP contribution in [0.15, 0.2) is 36.4 Å². The first-order valence-corrected chi connectivity index (χ1v) is 6.58. The van der Waals surface area contributed by atoms with Crippen LogP contribution < -0.4 is 4.74 Å². The Morgan fingerprint density at radius 1 is 1.16 bits per heavy atom. The highest BCUT2D eigenvalue weighted by molar-refractivity contribution is 6.33. The maximum Gasteiger partial charge on any atom is 0.131 e. The number of aryl methyl sites for hydroxylation is 1. The third-order valence-corrected chi connectivity index (χ3v) is 3.96. The maximum absolute atomic E-state index is 14.0. The van der Waals surface area contributed by atoms with Gasteiger partial charge in [0.2, 0.25) is 0 Å². The minimum Gasteiger partial charge on any atom is -0.497 e. The van der Waals surface area contributed by atoms with Crippen molar-refractivity contribution in [2.45, 2.75) is 12.3 Å². The van der Waals surface area contributed by atoms with Crippen LogP contribution in [0.5, 0.6) is 5.75 Å². The number of benzene rings is 2. The molecule has 0 fully saturated rings. The molecule has 0 aromatic heterocycles. The van der Waals surface area contributed by atoms with Crippen molar-refractivity contribution in [2.75, 3.05) is 7.11 Å². The van der Waals surface area contributed by atoms with Crippen LogP contribution in [0.3, 0.4) is 0 Å². The summed E-state index contributed by atoms with van der Waals surface area (Å²) in [4.78, 5) is 0. The molecule has 100 valence electrons. The van der Waals surface area contributed by atoms with Crippen LogP contribution in [-0.2, 0) is 0 Å². The van der Waals surface area contributed by atoms with Gasteiger partial charge in [-0.3, -0.25) is 0 Å². The van der Waals surface area contributed by atoms with E-state index in [1.54, 1.807) is 18.2 Å². The van der Waals surface area contributed by atoms with E-state index in [9.17, 15) is 4.39 Å². The lowest BCUT2D eigenvalue weighted by Gasteiger charge is -2.15. The predicted molar refractivity (Wildman–Crippen MR) is 76.8 cm³/mol. The number of hydrogen-bond acceptors (Lipinski definition) is 1. The lowest BCUT2D eigenvalue weighted by atomic mass is 10.0. The van der Waals surface area contributed by atoms with E-state index in [-0.39, 0.29) is 0 Å². The highest BCUT2D eigenvalue weighted by Crippen LogP contribution is 2.36. The molecule has 0 spiro atoms. The van der Waals surface area contributed by atoms with E-state index < -0.39 is 11.2 Å². The molecule has 0 N–H and O–H groups in total. The molecule has 0 bridgehead atoms. The van der Waals surface area contributed by atoms with Crippen LogP contribution in [-0.4, -0.2) is 7.11 Å². The molecule has 0 aliphatic carbocycles. The van der Waals surface area contributed by atoms with Crippen LogP contribution in [0.2, 0.25) is 5.02 Å². The van der Waals surface area contributed by atoms with Gasteiger partial charge in [-0.25, -0.2) is 4.39 Å². The number of halogens is 3. The summed E-state index contributed by atoms with van der Waals surface area (Å²) >= 11 is 12.6. The Hall–Kier alpha value is -1.25. The van der Waals surface area contributed by atoms with Crippen LogP contribution in [0.25, 0.3) is 0 Å². The van der Waals surface area contributed by atoms with Crippen molar-refractivity contribution < 1.29 is 9.13 Å². The minimum absolute atomic E-state index is 0.384. The Labute approximate surface area is 121 Å². The van der Waals surface area contributed by atoms with Gasteiger partial charge in [-0.05, 0) is 24.1 Å². The fourth-order valence-electron chi connectivity index (χ4n) is 1.87. The van der Waals surface area contributed by atoms with Crippen molar-refractivity contribution in [3.05, 3.63) is 63.9 Å². The average molecular weight is 299 g/mol. The van der Waals surface area contributed by atoms with E-state index in [0.717, 1.165) is 5.56 Å². The maximum atomic E-state index is 14.0. The second kappa shape index (κ2) is 5.81. The standard InChI is InChI=1S/C15H13Cl2FO/c1-9-4-3-5-12(14(9)16)15(17)11-7-6-10(19-2)8-13(11)18/h3-8,15H,1-2H3. The van der Waals surface area contributed by atoms with Gasteiger partial charge in [-0.2, -0.15) is 0 Å². The summed E-state index contributed by atoms with van der Waals surface area (Å²) in [7, 11) is 1.49. The molecule has 2 aromatic rings. The molecule has 0 saturated carbocycles. The molecule has 2 aromatic carbocycles. The highest BCUT2D eigenvalue weighted by Gasteiger charge is 2.19. The molecular weight excluding hydrogens is 286 g/mol.